The van der Waals surface area contributed by atoms with Crippen LogP contribution in [0, 0.1) is 9.39 Å². The van der Waals surface area contributed by atoms with E-state index in [0.29, 0.717) is 0 Å². The quantitative estimate of drug-likeness (QED) is 0.752. The third-order valence-corrected chi connectivity index (χ3v) is 3.77. The van der Waals surface area contributed by atoms with Crippen LogP contribution in [-0.2, 0) is 4.79 Å². The van der Waals surface area contributed by atoms with Crippen LogP contribution in [0.4, 0.5) is 15.8 Å². The summed E-state index contributed by atoms with van der Waals surface area (Å²) in [5.74, 6) is -0.815. The van der Waals surface area contributed by atoms with Crippen molar-refractivity contribution in [2.45, 2.75) is 0 Å². The molecule has 1 amide bonds. The monoisotopic (exact) mass is 404 g/mol. The number of carbonyl (C=O) groups excluding carboxylic acids is 1. The molecule has 0 spiro atoms. The Labute approximate surface area is 134 Å². The van der Waals surface area contributed by atoms with Gasteiger partial charge in [0, 0.05) is 3.57 Å². The molecule has 2 N–H and O–H groups in total. The van der Waals surface area contributed by atoms with Gasteiger partial charge in [-0.15, -0.1) is 0 Å². The molecular weight excluding hydrogens is 394 g/mol. The lowest BCUT2D eigenvalue weighted by molar-refractivity contribution is -0.114. The topological polar surface area (TPSA) is 41.1 Å². The van der Waals surface area contributed by atoms with Gasteiger partial charge in [0.1, 0.15) is 0 Å². The summed E-state index contributed by atoms with van der Waals surface area (Å²) in [6, 6.07) is 12.0. The summed E-state index contributed by atoms with van der Waals surface area (Å²) in [5, 5.41) is 5.49. The highest BCUT2D eigenvalue weighted by Crippen LogP contribution is 2.22. The highest BCUT2D eigenvalue weighted by Gasteiger charge is 2.08. The molecule has 2 aromatic carbocycles. The van der Waals surface area contributed by atoms with Crippen LogP contribution in [0.3, 0.4) is 0 Å². The van der Waals surface area contributed by atoms with E-state index >= 15 is 0 Å². The zero-order chi connectivity index (χ0) is 14.5. The molecule has 0 saturated carbocycles. The van der Waals surface area contributed by atoms with E-state index in [1.54, 1.807) is 12.1 Å². The molecule has 104 valence electrons. The Kier molecular flexibility index (Phi) is 5.19. The largest absolute Gasteiger partial charge is 0.374 e. The molecule has 0 radical (unpaired) electrons. The predicted molar refractivity (Wildman–Crippen MR) is 87.7 cm³/mol. The first-order chi connectivity index (χ1) is 9.58. The summed E-state index contributed by atoms with van der Waals surface area (Å²) in [4.78, 5) is 11.8. The Morgan fingerprint density at radius 2 is 1.85 bits per heavy atom. The molecule has 0 aliphatic rings. The predicted octanol–water partition coefficient (Wildman–Crippen LogP) is 4.13. The fourth-order valence-corrected chi connectivity index (χ4v) is 2.27. The summed E-state index contributed by atoms with van der Waals surface area (Å²) in [7, 11) is 0. The van der Waals surface area contributed by atoms with Crippen LogP contribution in [0.15, 0.2) is 42.5 Å². The van der Waals surface area contributed by atoms with Gasteiger partial charge in [0.25, 0.3) is 0 Å². The van der Waals surface area contributed by atoms with E-state index in [0.717, 1.165) is 9.26 Å². The minimum atomic E-state index is -0.559. The molecule has 0 unspecified atom stereocenters. The van der Waals surface area contributed by atoms with E-state index in [-0.39, 0.29) is 23.2 Å². The van der Waals surface area contributed by atoms with Crippen molar-refractivity contribution in [3.05, 3.63) is 56.9 Å². The maximum atomic E-state index is 13.6. The van der Waals surface area contributed by atoms with Crippen molar-refractivity contribution in [3.8, 4) is 0 Å². The van der Waals surface area contributed by atoms with E-state index in [1.807, 2.05) is 18.2 Å². The molecule has 0 aliphatic heterocycles. The molecule has 2 aromatic rings. The number of para-hydroxylation sites is 1. The van der Waals surface area contributed by atoms with Crippen molar-refractivity contribution in [1.29, 1.82) is 0 Å². The van der Waals surface area contributed by atoms with Crippen LogP contribution >= 0.6 is 34.2 Å². The van der Waals surface area contributed by atoms with Crippen LogP contribution in [0.25, 0.3) is 0 Å². The molecule has 0 aliphatic carbocycles. The average Bonchev–Trinajstić information content (AvgIpc) is 2.43. The van der Waals surface area contributed by atoms with E-state index in [9.17, 15) is 9.18 Å². The normalized spacial score (nSPS) is 10.2. The van der Waals surface area contributed by atoms with Crippen LogP contribution in [0.5, 0.6) is 0 Å². The van der Waals surface area contributed by atoms with Gasteiger partial charge in [0.15, 0.2) is 5.82 Å². The second-order valence-electron chi connectivity index (χ2n) is 3.98. The van der Waals surface area contributed by atoms with Crippen molar-refractivity contribution in [1.82, 2.24) is 0 Å². The lowest BCUT2D eigenvalue weighted by atomic mass is 10.3. The summed E-state index contributed by atoms with van der Waals surface area (Å²) in [6.07, 6.45) is 0. The van der Waals surface area contributed by atoms with Crippen molar-refractivity contribution in [2.24, 2.45) is 0 Å². The lowest BCUT2D eigenvalue weighted by Gasteiger charge is -2.10. The Morgan fingerprint density at radius 3 is 2.60 bits per heavy atom. The second-order valence-corrected chi connectivity index (χ2v) is 5.55. The van der Waals surface area contributed by atoms with E-state index in [4.69, 9.17) is 11.6 Å². The number of carbonyl (C=O) groups is 1. The maximum Gasteiger partial charge on any atom is 0.243 e. The number of benzene rings is 2. The van der Waals surface area contributed by atoms with Crippen LogP contribution in [0.1, 0.15) is 0 Å². The summed E-state index contributed by atoms with van der Waals surface area (Å²) in [5.41, 5.74) is 0.932. The number of hydrogen-bond donors (Lipinski definition) is 2. The number of hydrogen-bond acceptors (Lipinski definition) is 2. The zero-order valence-corrected chi connectivity index (χ0v) is 13.2. The van der Waals surface area contributed by atoms with E-state index in [1.165, 1.54) is 12.1 Å². The van der Waals surface area contributed by atoms with Gasteiger partial charge in [-0.05, 0) is 46.9 Å². The first-order valence-corrected chi connectivity index (χ1v) is 7.26. The minimum Gasteiger partial charge on any atom is -0.374 e. The van der Waals surface area contributed by atoms with Gasteiger partial charge in [-0.3, -0.25) is 4.79 Å². The lowest BCUT2D eigenvalue weighted by Crippen LogP contribution is -2.22. The first kappa shape index (κ1) is 15.1. The maximum absolute atomic E-state index is 13.6. The van der Waals surface area contributed by atoms with Crippen LogP contribution < -0.4 is 10.6 Å². The van der Waals surface area contributed by atoms with Crippen LogP contribution in [-0.4, -0.2) is 12.5 Å². The fraction of sp³-hybridized carbons (Fsp3) is 0.0714. The van der Waals surface area contributed by atoms with Crippen molar-refractivity contribution in [3.63, 3.8) is 0 Å². The number of halogens is 3. The molecule has 2 rings (SSSR count). The number of nitrogens with one attached hydrogen (secondary N) is 2. The molecule has 0 aromatic heterocycles. The molecule has 0 atom stereocenters. The highest BCUT2D eigenvalue weighted by molar-refractivity contribution is 14.1. The number of amides is 1. The fourth-order valence-electron chi connectivity index (χ4n) is 1.57. The number of rotatable bonds is 4. The second kappa shape index (κ2) is 6.90. The molecule has 0 saturated heterocycles. The highest BCUT2D eigenvalue weighted by atomic mass is 127. The SMILES string of the molecule is O=C(CNc1cccc(Cl)c1F)Nc1ccccc1I. The third-order valence-electron chi connectivity index (χ3n) is 2.54. The Bertz CT molecular complexity index is 636. The zero-order valence-electron chi connectivity index (χ0n) is 10.3. The van der Waals surface area contributed by atoms with Crippen molar-refractivity contribution < 1.29 is 9.18 Å². The van der Waals surface area contributed by atoms with E-state index < -0.39 is 5.82 Å². The van der Waals surface area contributed by atoms with Crippen molar-refractivity contribution in [2.75, 3.05) is 17.2 Å². The molecule has 0 bridgehead atoms. The molecule has 3 nitrogen and oxygen atoms in total. The minimum absolute atomic E-state index is 0.0213. The van der Waals surface area contributed by atoms with E-state index in [2.05, 4.69) is 33.2 Å². The summed E-state index contributed by atoms with van der Waals surface area (Å²) in [6.45, 7) is -0.0394. The van der Waals surface area contributed by atoms with Gasteiger partial charge >= 0.3 is 0 Å². The molecular formula is C14H11ClFIN2O. The molecule has 0 fully saturated rings. The third kappa shape index (κ3) is 3.83. The van der Waals surface area contributed by atoms with Gasteiger partial charge in [0.2, 0.25) is 5.91 Å². The smallest absolute Gasteiger partial charge is 0.243 e. The number of anilines is 2. The Balaban J connectivity index is 1.96. The summed E-state index contributed by atoms with van der Waals surface area (Å²) >= 11 is 7.79. The Hall–Kier alpha value is -1.34. The Morgan fingerprint density at radius 1 is 1.15 bits per heavy atom. The van der Waals surface area contributed by atoms with Crippen molar-refractivity contribution >= 4 is 51.5 Å². The van der Waals surface area contributed by atoms with Gasteiger partial charge in [-0.2, -0.15) is 0 Å². The van der Waals surface area contributed by atoms with Gasteiger partial charge in [-0.1, -0.05) is 29.8 Å². The first-order valence-electron chi connectivity index (χ1n) is 5.80. The van der Waals surface area contributed by atoms with Gasteiger partial charge in [0.05, 0.1) is 22.9 Å². The summed E-state index contributed by atoms with van der Waals surface area (Å²) < 4.78 is 14.6. The van der Waals surface area contributed by atoms with Gasteiger partial charge in [-0.25, -0.2) is 4.39 Å². The molecule has 0 heterocycles. The average molecular weight is 405 g/mol. The molecule has 20 heavy (non-hydrogen) atoms. The standard InChI is InChI=1S/C14H11ClFIN2O/c15-9-4-3-7-12(14(9)16)18-8-13(20)19-11-6-2-1-5-10(11)17/h1-7,18H,8H2,(H,19,20). The molecule has 6 heteroatoms. The van der Waals surface area contributed by atoms with Gasteiger partial charge < -0.3 is 10.6 Å². The van der Waals surface area contributed by atoms with Crippen LogP contribution in [0.2, 0.25) is 5.02 Å².